The molecule has 0 spiro atoms. The Bertz CT molecular complexity index is 1570. The summed E-state index contributed by atoms with van der Waals surface area (Å²) >= 11 is 0. The van der Waals surface area contributed by atoms with E-state index in [-0.39, 0.29) is 6.04 Å². The fourth-order valence-electron chi connectivity index (χ4n) is 5.51. The summed E-state index contributed by atoms with van der Waals surface area (Å²) in [5.41, 5.74) is 4.71. The molecule has 10 heteroatoms. The molecule has 2 atom stereocenters. The van der Waals surface area contributed by atoms with Crippen molar-refractivity contribution in [2.75, 3.05) is 34.8 Å². The number of aliphatic hydroxyl groups excluding tert-OH is 1. The van der Waals surface area contributed by atoms with Crippen LogP contribution >= 0.6 is 0 Å². The average Bonchev–Trinajstić information content (AvgIpc) is 3.41. The number of aliphatic hydroxyl groups is 1. The third-order valence-electron chi connectivity index (χ3n) is 7.56. The summed E-state index contributed by atoms with van der Waals surface area (Å²) in [5, 5.41) is 13.9. The van der Waals surface area contributed by atoms with Crippen LogP contribution in [-0.4, -0.2) is 57.0 Å². The van der Waals surface area contributed by atoms with Gasteiger partial charge in [0.1, 0.15) is 11.8 Å². The molecule has 2 N–H and O–H groups in total. The van der Waals surface area contributed by atoms with Crippen molar-refractivity contribution in [1.82, 2.24) is 14.5 Å². The van der Waals surface area contributed by atoms with Crippen molar-refractivity contribution >= 4 is 29.0 Å². The zero-order valence-corrected chi connectivity index (χ0v) is 21.5. The molecule has 0 aliphatic carbocycles. The molecule has 39 heavy (non-hydrogen) atoms. The van der Waals surface area contributed by atoms with E-state index in [0.717, 1.165) is 29.3 Å². The highest BCUT2D eigenvalue weighted by Crippen LogP contribution is 2.42. The van der Waals surface area contributed by atoms with Crippen molar-refractivity contribution in [2.24, 2.45) is 7.05 Å². The largest absolute Gasteiger partial charge is 0.386 e. The minimum Gasteiger partial charge on any atom is -0.386 e. The number of carbonyl (C=O) groups is 2. The molecule has 1 saturated heterocycles. The van der Waals surface area contributed by atoms with Gasteiger partial charge in [0.15, 0.2) is 5.82 Å². The van der Waals surface area contributed by atoms with Gasteiger partial charge in [-0.2, -0.15) is 0 Å². The zero-order chi connectivity index (χ0) is 27.3. The van der Waals surface area contributed by atoms with Crippen LogP contribution in [0.3, 0.4) is 0 Å². The maximum absolute atomic E-state index is 13.3. The van der Waals surface area contributed by atoms with Gasteiger partial charge in [-0.3, -0.25) is 9.59 Å². The van der Waals surface area contributed by atoms with Crippen molar-refractivity contribution in [3.05, 3.63) is 89.8 Å². The van der Waals surface area contributed by atoms with Crippen LogP contribution < -0.4 is 15.1 Å². The van der Waals surface area contributed by atoms with Crippen LogP contribution in [0.2, 0.25) is 0 Å². The van der Waals surface area contributed by atoms with Crippen molar-refractivity contribution in [2.45, 2.75) is 19.1 Å². The first kappa shape index (κ1) is 24.7. The van der Waals surface area contributed by atoms with Gasteiger partial charge in [0.05, 0.1) is 18.4 Å². The van der Waals surface area contributed by atoms with E-state index in [4.69, 9.17) is 0 Å². The van der Waals surface area contributed by atoms with Crippen molar-refractivity contribution in [1.29, 1.82) is 0 Å². The smallest absolute Gasteiger partial charge is 0.298 e. The molecular weight excluding hydrogens is 499 g/mol. The highest BCUT2D eigenvalue weighted by molar-refractivity contribution is 6.47. The molecule has 1 amide bonds. The number of Topliss-reactive ketones (excluding diaryl/α,β-unsaturated/α-hetero) is 1. The summed E-state index contributed by atoms with van der Waals surface area (Å²) in [6.45, 7) is 3.58. The summed E-state index contributed by atoms with van der Waals surface area (Å²) in [4.78, 5) is 38.6. The first-order valence-corrected chi connectivity index (χ1v) is 12.7. The Balaban J connectivity index is 1.21. The van der Waals surface area contributed by atoms with Crippen LogP contribution in [0, 0.1) is 12.7 Å². The Hall–Kier alpha value is -4.57. The number of piperazine rings is 1. The average molecular weight is 527 g/mol. The highest BCUT2D eigenvalue weighted by atomic mass is 19.1. The Morgan fingerprint density at radius 2 is 1.79 bits per heavy atom. The summed E-state index contributed by atoms with van der Waals surface area (Å²) in [5.74, 6) is -1.48. The molecule has 9 nitrogen and oxygen atoms in total. The standard InChI is InChI=1S/C29H27FN6O3/c1-17-12-21(18-6-4-3-5-7-18)25(34(17)2)27(38)28(39)33-20-8-9-23-22(13-20)26(37)24-16-35(10-11-36(23)24)29-31-14-19(30)15-32-29/h3-9,12-15,24,26,37H,10-11,16H2,1-2H3,(H,33,39)/t24-,26?/m0/s1. The molecule has 4 aromatic rings. The lowest BCUT2D eigenvalue weighted by atomic mass is 10.0. The molecule has 0 radical (unpaired) electrons. The lowest BCUT2D eigenvalue weighted by Gasteiger charge is -2.39. The van der Waals surface area contributed by atoms with Crippen LogP contribution in [0.15, 0.2) is 67.0 Å². The van der Waals surface area contributed by atoms with E-state index in [1.165, 1.54) is 0 Å². The fourth-order valence-corrected chi connectivity index (χ4v) is 5.51. The van der Waals surface area contributed by atoms with E-state index in [0.29, 0.717) is 48.1 Å². The number of hydrogen-bond acceptors (Lipinski definition) is 7. The molecule has 2 aliphatic heterocycles. The van der Waals surface area contributed by atoms with Crippen molar-refractivity contribution in [3.63, 3.8) is 0 Å². The molecule has 4 heterocycles. The minimum absolute atomic E-state index is 0.255. The van der Waals surface area contributed by atoms with Gasteiger partial charge in [0.25, 0.3) is 11.7 Å². The van der Waals surface area contributed by atoms with Gasteiger partial charge in [-0.05, 0) is 36.8 Å². The van der Waals surface area contributed by atoms with Gasteiger partial charge in [0, 0.05) is 54.9 Å². The van der Waals surface area contributed by atoms with E-state index < -0.39 is 23.6 Å². The molecule has 0 bridgehead atoms. The number of anilines is 3. The monoisotopic (exact) mass is 526 g/mol. The molecule has 2 aromatic carbocycles. The summed E-state index contributed by atoms with van der Waals surface area (Å²) < 4.78 is 15.0. The molecule has 2 aromatic heterocycles. The van der Waals surface area contributed by atoms with E-state index in [1.807, 2.05) is 54.3 Å². The van der Waals surface area contributed by atoms with Crippen LogP contribution in [0.4, 0.5) is 21.7 Å². The van der Waals surface area contributed by atoms with E-state index in [1.54, 1.807) is 23.7 Å². The lowest BCUT2D eigenvalue weighted by Crippen LogP contribution is -2.53. The summed E-state index contributed by atoms with van der Waals surface area (Å²) in [6.07, 6.45) is 1.44. The molecule has 2 aliphatic rings. The second-order valence-electron chi connectivity index (χ2n) is 9.88. The second kappa shape index (κ2) is 9.63. The number of ketones is 1. The number of halogens is 1. The fraction of sp³-hybridized carbons (Fsp3) is 0.241. The van der Waals surface area contributed by atoms with Crippen molar-refractivity contribution in [3.8, 4) is 11.1 Å². The van der Waals surface area contributed by atoms with Gasteiger partial charge in [-0.15, -0.1) is 0 Å². The molecule has 0 saturated carbocycles. The highest BCUT2D eigenvalue weighted by Gasteiger charge is 2.41. The van der Waals surface area contributed by atoms with E-state index >= 15 is 0 Å². The summed E-state index contributed by atoms with van der Waals surface area (Å²) in [7, 11) is 1.77. The number of rotatable bonds is 5. The van der Waals surface area contributed by atoms with Crippen molar-refractivity contribution < 1.29 is 19.1 Å². The number of amides is 1. The number of nitrogens with zero attached hydrogens (tertiary/aromatic N) is 5. The molecule has 1 unspecified atom stereocenters. The molecule has 6 rings (SSSR count). The maximum atomic E-state index is 13.3. The maximum Gasteiger partial charge on any atom is 0.298 e. The molecule has 1 fully saturated rings. The number of aromatic nitrogens is 3. The van der Waals surface area contributed by atoms with Crippen LogP contribution in [0.1, 0.15) is 27.8 Å². The predicted octanol–water partition coefficient (Wildman–Crippen LogP) is 3.49. The van der Waals surface area contributed by atoms with Crippen LogP contribution in [-0.2, 0) is 11.8 Å². The number of hydrogen-bond donors (Lipinski definition) is 2. The first-order chi connectivity index (χ1) is 18.8. The van der Waals surface area contributed by atoms with Gasteiger partial charge in [-0.25, -0.2) is 14.4 Å². The number of aryl methyl sites for hydroxylation is 1. The summed E-state index contributed by atoms with van der Waals surface area (Å²) in [6, 6.07) is 16.4. The second-order valence-corrected chi connectivity index (χ2v) is 9.88. The van der Waals surface area contributed by atoms with Gasteiger partial charge < -0.3 is 24.8 Å². The Morgan fingerprint density at radius 3 is 2.54 bits per heavy atom. The topological polar surface area (TPSA) is 104 Å². The SMILES string of the molecule is Cc1cc(-c2ccccc2)c(C(=O)C(=O)Nc2ccc3c(c2)C(O)[C@@H]2CN(c4ncc(F)cn4)CCN32)n1C. The Kier molecular flexibility index (Phi) is 6.11. The van der Waals surface area contributed by atoms with Crippen LogP contribution in [0.25, 0.3) is 11.1 Å². The zero-order valence-electron chi connectivity index (χ0n) is 21.5. The predicted molar refractivity (Wildman–Crippen MR) is 145 cm³/mol. The Morgan fingerprint density at radius 1 is 1.05 bits per heavy atom. The van der Waals surface area contributed by atoms with Gasteiger partial charge in [0.2, 0.25) is 5.95 Å². The van der Waals surface area contributed by atoms with E-state index in [9.17, 15) is 19.1 Å². The number of nitrogens with one attached hydrogen (secondary N) is 1. The minimum atomic E-state index is -0.823. The third kappa shape index (κ3) is 4.32. The van der Waals surface area contributed by atoms with Gasteiger partial charge in [-0.1, -0.05) is 30.3 Å². The number of benzene rings is 2. The Labute approximate surface area is 224 Å². The molecule has 198 valence electrons. The number of fused-ring (bicyclic) bond motifs is 3. The normalized spacial score (nSPS) is 18.1. The van der Waals surface area contributed by atoms with Gasteiger partial charge >= 0.3 is 0 Å². The van der Waals surface area contributed by atoms with Crippen LogP contribution in [0.5, 0.6) is 0 Å². The quantitative estimate of drug-likeness (QED) is 0.303. The van der Waals surface area contributed by atoms with E-state index in [2.05, 4.69) is 20.2 Å². The third-order valence-corrected chi connectivity index (χ3v) is 7.56. The number of carbonyl (C=O) groups excluding carboxylic acids is 2. The first-order valence-electron chi connectivity index (χ1n) is 12.7. The lowest BCUT2D eigenvalue weighted by molar-refractivity contribution is -0.112. The molecular formula is C29H27FN6O3.